The smallest absolute Gasteiger partial charge is 0.267 e. The monoisotopic (exact) mass is 244 g/mol. The average Bonchev–Trinajstić information content (AvgIpc) is 2.02. The molecule has 0 saturated carbocycles. The Kier molecular flexibility index (Phi) is 2.91. The fourth-order valence-electron chi connectivity index (χ4n) is 1.03. The lowest BCUT2D eigenvalue weighted by Crippen LogP contribution is -2.37. The molecule has 1 aromatic rings. The van der Waals surface area contributed by atoms with Crippen LogP contribution in [0.3, 0.4) is 0 Å². The molecule has 0 aliphatic heterocycles. The van der Waals surface area contributed by atoms with Crippen molar-refractivity contribution < 1.29 is 0 Å². The Labute approximate surface area is 85.9 Å². The lowest BCUT2D eigenvalue weighted by Gasteiger charge is -2.20. The minimum absolute atomic E-state index is 0.0214. The Morgan fingerprint density at radius 2 is 2.15 bits per heavy atom. The van der Waals surface area contributed by atoms with Gasteiger partial charge in [-0.2, -0.15) is 5.10 Å². The summed E-state index contributed by atoms with van der Waals surface area (Å²) in [6.07, 6.45) is 1.66. The summed E-state index contributed by atoms with van der Waals surface area (Å²) in [5.41, 5.74) is 0.465. The fraction of sp³-hybridized carbons (Fsp3) is 0.556. The third kappa shape index (κ3) is 2.18. The van der Waals surface area contributed by atoms with Crippen LogP contribution >= 0.6 is 15.9 Å². The molecule has 0 spiro atoms. The summed E-state index contributed by atoms with van der Waals surface area (Å²) in [5.74, 6) is 0. The number of nitrogens with zero attached hydrogens (tertiary/aromatic N) is 2. The molecule has 0 amide bonds. The second-order valence-electron chi connectivity index (χ2n) is 3.88. The lowest BCUT2D eigenvalue weighted by molar-refractivity contribution is 0.336. The molecule has 3 nitrogen and oxygen atoms in total. The minimum Gasteiger partial charge on any atom is -0.267 e. The van der Waals surface area contributed by atoms with E-state index >= 15 is 0 Å². The normalized spacial score (nSPS) is 11.7. The van der Waals surface area contributed by atoms with Gasteiger partial charge >= 0.3 is 0 Å². The highest BCUT2D eigenvalue weighted by Crippen LogP contribution is 2.09. The molecular formula is C9H13BrN2O. The summed E-state index contributed by atoms with van der Waals surface area (Å²) < 4.78 is 1.50. The van der Waals surface area contributed by atoms with Gasteiger partial charge in [0.25, 0.3) is 5.56 Å². The number of aromatic nitrogens is 2. The van der Waals surface area contributed by atoms with Crippen molar-refractivity contribution in [2.45, 2.75) is 31.6 Å². The summed E-state index contributed by atoms with van der Waals surface area (Å²) >= 11 is 3.27. The van der Waals surface area contributed by atoms with Crippen LogP contribution in [0.15, 0.2) is 17.1 Å². The highest BCUT2D eigenvalue weighted by molar-refractivity contribution is 9.08. The van der Waals surface area contributed by atoms with Crippen molar-refractivity contribution >= 4 is 15.9 Å². The van der Waals surface area contributed by atoms with Crippen LogP contribution in [-0.2, 0) is 10.9 Å². The number of rotatable bonds is 1. The first-order valence-corrected chi connectivity index (χ1v) is 5.22. The molecule has 0 aliphatic carbocycles. The second-order valence-corrected chi connectivity index (χ2v) is 4.44. The predicted octanol–water partition coefficient (Wildman–Crippen LogP) is 1.89. The third-order valence-corrected chi connectivity index (χ3v) is 2.31. The molecule has 0 aromatic carbocycles. The van der Waals surface area contributed by atoms with Crippen LogP contribution in [0.4, 0.5) is 0 Å². The Morgan fingerprint density at radius 1 is 1.54 bits per heavy atom. The van der Waals surface area contributed by atoms with E-state index in [0.717, 1.165) is 5.56 Å². The van der Waals surface area contributed by atoms with Gasteiger partial charge in [-0.1, -0.05) is 15.9 Å². The van der Waals surface area contributed by atoms with E-state index in [2.05, 4.69) is 21.0 Å². The summed E-state index contributed by atoms with van der Waals surface area (Å²) in [5, 5.41) is 4.62. The molecule has 0 fully saturated rings. The number of hydrogen-bond donors (Lipinski definition) is 0. The van der Waals surface area contributed by atoms with E-state index in [9.17, 15) is 4.79 Å². The predicted molar refractivity (Wildman–Crippen MR) is 56.1 cm³/mol. The van der Waals surface area contributed by atoms with Gasteiger partial charge in [0.1, 0.15) is 0 Å². The molecule has 1 rings (SSSR count). The Bertz CT molecular complexity index is 351. The van der Waals surface area contributed by atoms with Crippen molar-refractivity contribution in [3.8, 4) is 0 Å². The van der Waals surface area contributed by atoms with Crippen LogP contribution in [0.2, 0.25) is 0 Å². The average molecular weight is 245 g/mol. The van der Waals surface area contributed by atoms with Crippen molar-refractivity contribution in [3.63, 3.8) is 0 Å². The van der Waals surface area contributed by atoms with Gasteiger partial charge in [-0.3, -0.25) is 4.79 Å². The van der Waals surface area contributed by atoms with Crippen molar-refractivity contribution in [3.05, 3.63) is 28.2 Å². The standard InChI is InChI=1S/C9H13BrN2O/c1-9(2,3)12-8(13)7(6-10)4-5-11-12/h4-5H,6H2,1-3H3. The molecule has 0 radical (unpaired) electrons. The van der Waals surface area contributed by atoms with Crippen molar-refractivity contribution in [2.24, 2.45) is 0 Å². The Morgan fingerprint density at radius 3 is 2.62 bits per heavy atom. The van der Waals surface area contributed by atoms with Gasteiger partial charge in [-0.05, 0) is 26.8 Å². The maximum absolute atomic E-state index is 11.7. The van der Waals surface area contributed by atoms with Crippen LogP contribution in [0, 0.1) is 0 Å². The van der Waals surface area contributed by atoms with E-state index in [1.165, 1.54) is 4.68 Å². The number of alkyl halides is 1. The van der Waals surface area contributed by atoms with Gasteiger partial charge in [-0.25, -0.2) is 4.68 Å². The van der Waals surface area contributed by atoms with Gasteiger partial charge in [0, 0.05) is 17.1 Å². The van der Waals surface area contributed by atoms with Gasteiger partial charge in [0.05, 0.1) is 5.54 Å². The number of hydrogen-bond acceptors (Lipinski definition) is 2. The molecule has 1 aromatic heterocycles. The van der Waals surface area contributed by atoms with Crippen molar-refractivity contribution in [1.82, 2.24) is 9.78 Å². The molecule has 1 heterocycles. The van der Waals surface area contributed by atoms with E-state index < -0.39 is 0 Å². The van der Waals surface area contributed by atoms with Crippen LogP contribution in [0.1, 0.15) is 26.3 Å². The zero-order chi connectivity index (χ0) is 10.1. The third-order valence-electron chi connectivity index (χ3n) is 1.70. The maximum atomic E-state index is 11.7. The molecule has 13 heavy (non-hydrogen) atoms. The molecule has 0 atom stereocenters. The molecular weight excluding hydrogens is 232 g/mol. The van der Waals surface area contributed by atoms with E-state index in [1.54, 1.807) is 12.3 Å². The van der Waals surface area contributed by atoms with Gasteiger partial charge < -0.3 is 0 Å². The first kappa shape index (κ1) is 10.4. The van der Waals surface area contributed by atoms with E-state index in [-0.39, 0.29) is 11.1 Å². The largest absolute Gasteiger partial charge is 0.271 e. The Balaban J connectivity index is 3.33. The van der Waals surface area contributed by atoms with Crippen LogP contribution in [-0.4, -0.2) is 9.78 Å². The zero-order valence-corrected chi connectivity index (χ0v) is 9.63. The van der Waals surface area contributed by atoms with Crippen LogP contribution in [0.25, 0.3) is 0 Å². The van der Waals surface area contributed by atoms with Crippen molar-refractivity contribution in [2.75, 3.05) is 0 Å². The minimum atomic E-state index is -0.255. The molecule has 0 bridgehead atoms. The first-order chi connectivity index (χ1) is 5.96. The van der Waals surface area contributed by atoms with Crippen LogP contribution in [0.5, 0.6) is 0 Å². The van der Waals surface area contributed by atoms with Crippen LogP contribution < -0.4 is 5.56 Å². The Hall–Kier alpha value is -0.640. The first-order valence-electron chi connectivity index (χ1n) is 4.10. The van der Waals surface area contributed by atoms with Crippen molar-refractivity contribution in [1.29, 1.82) is 0 Å². The summed E-state index contributed by atoms with van der Waals surface area (Å²) in [7, 11) is 0. The molecule has 0 N–H and O–H groups in total. The van der Waals surface area contributed by atoms with Gasteiger partial charge in [0.2, 0.25) is 0 Å². The molecule has 0 aliphatic rings. The summed E-state index contributed by atoms with van der Waals surface area (Å²) in [4.78, 5) is 11.7. The van der Waals surface area contributed by atoms with Gasteiger partial charge in [-0.15, -0.1) is 0 Å². The quantitative estimate of drug-likeness (QED) is 0.708. The number of halogens is 1. The van der Waals surface area contributed by atoms with E-state index in [1.807, 2.05) is 20.8 Å². The maximum Gasteiger partial charge on any atom is 0.271 e. The second kappa shape index (κ2) is 3.62. The molecule has 72 valence electrons. The molecule has 4 heteroatoms. The topological polar surface area (TPSA) is 34.9 Å². The highest BCUT2D eigenvalue weighted by Gasteiger charge is 2.16. The molecule has 0 saturated heterocycles. The summed E-state index contributed by atoms with van der Waals surface area (Å²) in [6.45, 7) is 5.87. The fourth-order valence-corrected chi connectivity index (χ4v) is 1.46. The van der Waals surface area contributed by atoms with Gasteiger partial charge in [0.15, 0.2) is 0 Å². The lowest BCUT2D eigenvalue weighted by atomic mass is 10.1. The summed E-state index contributed by atoms with van der Waals surface area (Å²) in [6, 6.07) is 1.74. The van der Waals surface area contributed by atoms with E-state index in [0.29, 0.717) is 5.33 Å². The van der Waals surface area contributed by atoms with E-state index in [4.69, 9.17) is 0 Å². The zero-order valence-electron chi connectivity index (χ0n) is 8.04. The molecule has 0 unspecified atom stereocenters. The SMILES string of the molecule is CC(C)(C)n1nccc(CBr)c1=O. The highest BCUT2D eigenvalue weighted by atomic mass is 79.9.